The molecule has 7 nitrogen and oxygen atoms in total. The van der Waals surface area contributed by atoms with Crippen molar-refractivity contribution in [3.05, 3.63) is 125 Å². The van der Waals surface area contributed by atoms with Gasteiger partial charge in [0.25, 0.3) is 10.1 Å². The molecule has 0 aliphatic heterocycles. The van der Waals surface area contributed by atoms with Gasteiger partial charge in [0.05, 0.1) is 22.9 Å². The Morgan fingerprint density at radius 3 is 2.22 bits per heavy atom. The van der Waals surface area contributed by atoms with Gasteiger partial charge in [0.1, 0.15) is 5.82 Å². The van der Waals surface area contributed by atoms with Gasteiger partial charge in [-0.05, 0) is 70.8 Å². The van der Waals surface area contributed by atoms with E-state index in [1.54, 1.807) is 18.2 Å². The van der Waals surface area contributed by atoms with E-state index in [9.17, 15) is 30.8 Å². The number of rotatable bonds is 10. The molecule has 1 amide bonds. The zero-order valence-electron chi connectivity index (χ0n) is 27.1. The van der Waals surface area contributed by atoms with Crippen LogP contribution in [0.3, 0.4) is 0 Å². The van der Waals surface area contributed by atoms with Crippen LogP contribution in [0, 0.1) is 11.7 Å². The van der Waals surface area contributed by atoms with Crippen LogP contribution in [0.2, 0.25) is 0 Å². The van der Waals surface area contributed by atoms with Crippen LogP contribution in [0.1, 0.15) is 61.9 Å². The molecule has 1 aliphatic carbocycles. The number of hydrogen-bond donors (Lipinski definition) is 2. The Labute approximate surface area is 282 Å². The van der Waals surface area contributed by atoms with Crippen LogP contribution in [-0.4, -0.2) is 36.3 Å². The number of benzene rings is 3. The standard InChI is InChI=1S/C37H36F4N2O5S/c1-36(2,3)29-12-8-25(9-13-29)32(18-23-4-6-26(7-5-23)35(44)42-16-17-49(45,46)47)33-22-34(48-43-33)28-19-27(20-30(21-28)37(39,40)41)24-10-14-31(38)15-11-24/h4-6,8-15,19-22,26,32H,7,16-18H2,1-3H3,(H,42,44)(H,45,46,47)/t26-,32?/m0/s1. The quantitative estimate of drug-likeness (QED) is 0.127. The molecule has 49 heavy (non-hydrogen) atoms. The van der Waals surface area contributed by atoms with Gasteiger partial charge in [-0.3, -0.25) is 9.35 Å². The third-order valence-electron chi connectivity index (χ3n) is 8.40. The van der Waals surface area contributed by atoms with Gasteiger partial charge in [-0.15, -0.1) is 0 Å². The fraction of sp³-hybridized carbons (Fsp3) is 0.297. The van der Waals surface area contributed by atoms with Crippen molar-refractivity contribution in [2.45, 2.75) is 51.1 Å². The van der Waals surface area contributed by atoms with E-state index in [4.69, 9.17) is 9.08 Å². The van der Waals surface area contributed by atoms with Crippen LogP contribution >= 0.6 is 0 Å². The van der Waals surface area contributed by atoms with Crippen LogP contribution in [-0.2, 0) is 26.5 Å². The van der Waals surface area contributed by atoms with Gasteiger partial charge < -0.3 is 9.84 Å². The van der Waals surface area contributed by atoms with Gasteiger partial charge in [-0.25, -0.2) is 4.39 Å². The lowest BCUT2D eigenvalue weighted by molar-refractivity contribution is -0.137. The molecule has 0 fully saturated rings. The molecule has 258 valence electrons. The largest absolute Gasteiger partial charge is 0.416 e. The van der Waals surface area contributed by atoms with Crippen molar-refractivity contribution >= 4 is 16.0 Å². The van der Waals surface area contributed by atoms with E-state index in [1.807, 2.05) is 36.4 Å². The Morgan fingerprint density at radius 2 is 1.63 bits per heavy atom. The van der Waals surface area contributed by atoms with Gasteiger partial charge in [0.15, 0.2) is 5.76 Å². The van der Waals surface area contributed by atoms with E-state index in [0.717, 1.165) is 28.8 Å². The van der Waals surface area contributed by atoms with Crippen LogP contribution < -0.4 is 5.32 Å². The van der Waals surface area contributed by atoms with Gasteiger partial charge in [0, 0.05) is 24.1 Å². The normalized spacial score (nSPS) is 15.9. The zero-order valence-corrected chi connectivity index (χ0v) is 27.9. The van der Waals surface area contributed by atoms with Gasteiger partial charge in [-0.2, -0.15) is 21.6 Å². The van der Waals surface area contributed by atoms with Crippen molar-refractivity contribution in [2.24, 2.45) is 5.92 Å². The Hall–Kier alpha value is -4.55. The first-order valence-corrected chi connectivity index (χ1v) is 17.2. The molecule has 0 saturated heterocycles. The molecule has 4 aromatic rings. The van der Waals surface area contributed by atoms with Gasteiger partial charge >= 0.3 is 6.18 Å². The third kappa shape index (κ3) is 9.33. The summed E-state index contributed by atoms with van der Waals surface area (Å²) < 4.78 is 92.0. The maximum Gasteiger partial charge on any atom is 0.416 e. The van der Waals surface area contributed by atoms with Gasteiger partial charge in [0.2, 0.25) is 5.91 Å². The van der Waals surface area contributed by atoms with Crippen molar-refractivity contribution in [3.8, 4) is 22.5 Å². The summed E-state index contributed by atoms with van der Waals surface area (Å²) in [7, 11) is -4.20. The molecule has 3 aromatic carbocycles. The Kier molecular flexibility index (Phi) is 10.3. The third-order valence-corrected chi connectivity index (χ3v) is 9.12. The van der Waals surface area contributed by atoms with Gasteiger partial charge in [-0.1, -0.05) is 86.1 Å². The summed E-state index contributed by atoms with van der Waals surface area (Å²) in [6.07, 6.45) is 1.61. The predicted molar refractivity (Wildman–Crippen MR) is 179 cm³/mol. The molecule has 0 spiro atoms. The van der Waals surface area contributed by atoms with Crippen molar-refractivity contribution in [1.29, 1.82) is 0 Å². The number of amides is 1. The van der Waals surface area contributed by atoms with Crippen LogP contribution in [0.4, 0.5) is 17.6 Å². The second-order valence-electron chi connectivity index (χ2n) is 13.1. The number of alkyl halides is 3. The molecule has 0 radical (unpaired) electrons. The van der Waals surface area contributed by atoms with Crippen molar-refractivity contribution in [2.75, 3.05) is 12.3 Å². The molecule has 1 unspecified atom stereocenters. The highest BCUT2D eigenvalue weighted by atomic mass is 32.2. The molecule has 2 N–H and O–H groups in total. The Balaban J connectivity index is 1.45. The number of carbonyl (C=O) groups excluding carboxylic acids is 1. The number of carbonyl (C=O) groups is 1. The SMILES string of the molecule is CC(C)(C)c1ccc(C(CC2=CC[C@@H](C(=O)NCCS(=O)(=O)O)C=C2)c2cc(-c3cc(-c4ccc(F)cc4)cc(C(F)(F)F)c3)on2)cc1. The molecule has 0 bridgehead atoms. The maximum absolute atomic E-state index is 14.0. The number of nitrogens with zero attached hydrogens (tertiary/aromatic N) is 1. The number of allylic oxidation sites excluding steroid dienone is 3. The molecule has 1 aliphatic rings. The monoisotopic (exact) mass is 696 g/mol. The van der Waals surface area contributed by atoms with E-state index in [1.165, 1.54) is 24.3 Å². The number of hydrogen-bond acceptors (Lipinski definition) is 5. The Morgan fingerprint density at radius 1 is 0.959 bits per heavy atom. The molecule has 1 aromatic heterocycles. The lowest BCUT2D eigenvalue weighted by Gasteiger charge is -2.22. The Bertz CT molecular complexity index is 1970. The topological polar surface area (TPSA) is 110 Å². The highest BCUT2D eigenvalue weighted by Crippen LogP contribution is 2.39. The summed E-state index contributed by atoms with van der Waals surface area (Å²) in [5.41, 5.74) is 3.26. The van der Waals surface area contributed by atoms with E-state index in [0.29, 0.717) is 24.1 Å². The summed E-state index contributed by atoms with van der Waals surface area (Å²) in [4.78, 5) is 12.5. The highest BCUT2D eigenvalue weighted by Gasteiger charge is 2.32. The van der Waals surface area contributed by atoms with Crippen molar-refractivity contribution in [3.63, 3.8) is 0 Å². The van der Waals surface area contributed by atoms with E-state index in [-0.39, 0.29) is 40.7 Å². The summed E-state index contributed by atoms with van der Waals surface area (Å²) in [6, 6.07) is 18.4. The van der Waals surface area contributed by atoms with E-state index in [2.05, 4.69) is 31.2 Å². The van der Waals surface area contributed by atoms with Crippen LogP contribution in [0.15, 0.2) is 101 Å². The fourth-order valence-electron chi connectivity index (χ4n) is 5.62. The smallest absolute Gasteiger partial charge is 0.356 e. The zero-order chi connectivity index (χ0) is 35.6. The first-order valence-electron chi connectivity index (χ1n) is 15.6. The molecular formula is C37H36F4N2O5S. The lowest BCUT2D eigenvalue weighted by atomic mass is 9.82. The number of halogens is 4. The minimum Gasteiger partial charge on any atom is -0.356 e. The average molecular weight is 697 g/mol. The van der Waals surface area contributed by atoms with Crippen LogP contribution in [0.5, 0.6) is 0 Å². The fourth-order valence-corrected chi connectivity index (χ4v) is 5.98. The predicted octanol–water partition coefficient (Wildman–Crippen LogP) is 8.49. The summed E-state index contributed by atoms with van der Waals surface area (Å²) in [5, 5.41) is 6.83. The second-order valence-corrected chi connectivity index (χ2v) is 14.7. The second kappa shape index (κ2) is 14.1. The van der Waals surface area contributed by atoms with Crippen molar-refractivity contribution in [1.82, 2.24) is 10.5 Å². The lowest BCUT2D eigenvalue weighted by Crippen LogP contribution is -2.33. The molecule has 5 rings (SSSR count). The van der Waals surface area contributed by atoms with Crippen molar-refractivity contribution < 1.29 is 39.8 Å². The maximum atomic E-state index is 14.0. The first-order chi connectivity index (χ1) is 23.0. The average Bonchev–Trinajstić information content (AvgIpc) is 3.53. The molecular weight excluding hydrogens is 660 g/mol. The van der Waals surface area contributed by atoms with Crippen LogP contribution in [0.25, 0.3) is 22.5 Å². The summed E-state index contributed by atoms with van der Waals surface area (Å²) in [5.74, 6) is -2.20. The number of aromatic nitrogens is 1. The molecule has 12 heteroatoms. The minimum atomic E-state index is -4.64. The summed E-state index contributed by atoms with van der Waals surface area (Å²) in [6.45, 7) is 6.10. The summed E-state index contributed by atoms with van der Waals surface area (Å²) >= 11 is 0. The van der Waals surface area contributed by atoms with E-state index < -0.39 is 39.3 Å². The molecule has 2 atom stereocenters. The molecule has 1 heterocycles. The first kappa shape index (κ1) is 35.7. The number of nitrogens with one attached hydrogen (secondary N) is 1. The highest BCUT2D eigenvalue weighted by molar-refractivity contribution is 7.85. The van der Waals surface area contributed by atoms with E-state index >= 15 is 0 Å². The molecule has 0 saturated carbocycles. The minimum absolute atomic E-state index is 0.0909.